The monoisotopic (exact) mass is 423 g/mol. The van der Waals surface area contributed by atoms with E-state index in [1.54, 1.807) is 49.5 Å². The summed E-state index contributed by atoms with van der Waals surface area (Å²) in [7, 11) is 0. The molecule has 1 aliphatic heterocycles. The maximum atomic E-state index is 13.8. The van der Waals surface area contributed by atoms with Gasteiger partial charge in [-0.05, 0) is 29.8 Å². The molecule has 6 nitrogen and oxygen atoms in total. The molecule has 0 radical (unpaired) electrons. The lowest BCUT2D eigenvalue weighted by atomic mass is 10.1. The fourth-order valence-corrected chi connectivity index (χ4v) is 4.12. The van der Waals surface area contributed by atoms with Gasteiger partial charge in [0.1, 0.15) is 5.82 Å². The quantitative estimate of drug-likeness (QED) is 0.629. The van der Waals surface area contributed by atoms with Gasteiger partial charge in [-0.1, -0.05) is 31.2 Å². The van der Waals surface area contributed by atoms with E-state index in [1.807, 2.05) is 0 Å². The Labute approximate surface area is 176 Å². The van der Waals surface area contributed by atoms with Crippen LogP contribution < -0.4 is 10.2 Å². The second kappa shape index (κ2) is 8.16. The van der Waals surface area contributed by atoms with Crippen molar-refractivity contribution in [3.8, 4) is 0 Å². The molecule has 0 aliphatic carbocycles. The number of carbonyl (C=O) groups is 3. The van der Waals surface area contributed by atoms with Crippen LogP contribution in [0.1, 0.15) is 34.1 Å². The molecule has 152 valence electrons. The average Bonchev–Trinajstić information content (AvgIpc) is 3.27. The number of hydrogen-bond acceptors (Lipinski definition) is 5. The summed E-state index contributed by atoms with van der Waals surface area (Å²) in [4.78, 5) is 43.1. The van der Waals surface area contributed by atoms with Crippen molar-refractivity contribution in [3.05, 3.63) is 76.5 Å². The highest BCUT2D eigenvalue weighted by Gasteiger charge is 2.36. The van der Waals surface area contributed by atoms with Gasteiger partial charge in [-0.3, -0.25) is 24.6 Å². The zero-order valence-corrected chi connectivity index (χ0v) is 16.9. The Morgan fingerprint density at radius 1 is 1.23 bits per heavy atom. The molecule has 2 heterocycles. The molecule has 0 bridgehead atoms. The van der Waals surface area contributed by atoms with Crippen LogP contribution in [-0.2, 0) is 16.0 Å². The number of imide groups is 1. The predicted octanol–water partition coefficient (Wildman–Crippen LogP) is 4.02. The number of nitrogens with one attached hydrogen (secondary N) is 1. The number of carbonyl (C=O) groups excluding carboxylic acids is 3. The van der Waals surface area contributed by atoms with Crippen LogP contribution in [0, 0.1) is 11.7 Å². The zero-order valence-electron chi connectivity index (χ0n) is 16.1. The minimum Gasteiger partial charge on any atom is -0.298 e. The number of thiazole rings is 1. The van der Waals surface area contributed by atoms with Gasteiger partial charge in [0.05, 0.1) is 5.69 Å². The fourth-order valence-electron chi connectivity index (χ4n) is 3.29. The molecule has 3 amide bonds. The zero-order chi connectivity index (χ0) is 21.3. The van der Waals surface area contributed by atoms with Gasteiger partial charge in [0.25, 0.3) is 5.91 Å². The Bertz CT molecular complexity index is 1140. The summed E-state index contributed by atoms with van der Waals surface area (Å²) in [5.41, 5.74) is 1.24. The molecule has 1 atom stereocenters. The third-order valence-corrected chi connectivity index (χ3v) is 5.75. The van der Waals surface area contributed by atoms with Gasteiger partial charge in [0, 0.05) is 35.4 Å². The molecule has 2 aromatic carbocycles. The highest BCUT2D eigenvalue weighted by molar-refractivity contribution is 7.15. The number of hydrogen-bond donors (Lipinski definition) is 1. The number of anilines is 2. The fraction of sp³-hybridized carbons (Fsp3) is 0.182. The Balaban J connectivity index is 1.47. The molecule has 1 aromatic heterocycles. The van der Waals surface area contributed by atoms with E-state index in [2.05, 4.69) is 10.3 Å². The molecular weight excluding hydrogens is 405 g/mol. The number of nitrogens with zero attached hydrogens (tertiary/aromatic N) is 2. The molecule has 4 rings (SSSR count). The third-order valence-electron chi connectivity index (χ3n) is 4.84. The van der Waals surface area contributed by atoms with E-state index < -0.39 is 5.91 Å². The molecule has 0 unspecified atom stereocenters. The number of amides is 3. The molecule has 1 fully saturated rings. The second-order valence-electron chi connectivity index (χ2n) is 7.08. The first-order valence-corrected chi connectivity index (χ1v) is 10.2. The average molecular weight is 423 g/mol. The van der Waals surface area contributed by atoms with Crippen LogP contribution in [0.25, 0.3) is 0 Å². The molecule has 0 spiro atoms. The van der Waals surface area contributed by atoms with E-state index in [9.17, 15) is 18.8 Å². The minimum atomic E-state index is -0.407. The predicted molar refractivity (Wildman–Crippen MR) is 112 cm³/mol. The summed E-state index contributed by atoms with van der Waals surface area (Å²) < 4.78 is 13.8. The summed E-state index contributed by atoms with van der Waals surface area (Å²) >= 11 is 1.26. The lowest BCUT2D eigenvalue weighted by Gasteiger charge is -2.15. The van der Waals surface area contributed by atoms with Crippen molar-refractivity contribution in [1.29, 1.82) is 0 Å². The molecule has 30 heavy (non-hydrogen) atoms. The summed E-state index contributed by atoms with van der Waals surface area (Å²) in [5, 5.41) is 3.10. The van der Waals surface area contributed by atoms with Crippen molar-refractivity contribution in [3.63, 3.8) is 0 Å². The maximum Gasteiger partial charge on any atom is 0.257 e. The van der Waals surface area contributed by atoms with Crippen LogP contribution in [0.4, 0.5) is 15.2 Å². The Morgan fingerprint density at radius 3 is 2.77 bits per heavy atom. The SMILES string of the molecule is C[C@H]1CC(=O)N(c2cccc(C(=O)Nc3ncc(Cc4ccccc4F)s3)c2)C1=O. The highest BCUT2D eigenvalue weighted by atomic mass is 32.1. The van der Waals surface area contributed by atoms with Crippen LogP contribution in [0.2, 0.25) is 0 Å². The summed E-state index contributed by atoms with van der Waals surface area (Å²) in [6.07, 6.45) is 2.15. The molecule has 0 saturated carbocycles. The van der Waals surface area contributed by atoms with E-state index in [4.69, 9.17) is 0 Å². The number of benzene rings is 2. The van der Waals surface area contributed by atoms with E-state index in [-0.39, 0.29) is 30.0 Å². The first-order chi connectivity index (χ1) is 14.4. The summed E-state index contributed by atoms with van der Waals surface area (Å²) in [6.45, 7) is 1.71. The topological polar surface area (TPSA) is 79.4 Å². The van der Waals surface area contributed by atoms with Crippen LogP contribution in [0.3, 0.4) is 0 Å². The van der Waals surface area contributed by atoms with Gasteiger partial charge in [-0.15, -0.1) is 11.3 Å². The first kappa shape index (κ1) is 19.9. The summed E-state index contributed by atoms with van der Waals surface area (Å²) in [6, 6.07) is 12.9. The van der Waals surface area contributed by atoms with Gasteiger partial charge in [0.15, 0.2) is 5.13 Å². The largest absolute Gasteiger partial charge is 0.298 e. The van der Waals surface area contributed by atoms with Crippen LogP contribution in [0.15, 0.2) is 54.7 Å². The van der Waals surface area contributed by atoms with Crippen molar-refractivity contribution in [2.45, 2.75) is 19.8 Å². The summed E-state index contributed by atoms with van der Waals surface area (Å²) in [5.74, 6) is -1.60. The van der Waals surface area contributed by atoms with Crippen molar-refractivity contribution >= 4 is 39.9 Å². The van der Waals surface area contributed by atoms with E-state index in [1.165, 1.54) is 23.5 Å². The normalized spacial score (nSPS) is 16.2. The lowest BCUT2D eigenvalue weighted by Crippen LogP contribution is -2.30. The van der Waals surface area contributed by atoms with E-state index in [0.29, 0.717) is 28.4 Å². The molecular formula is C22H18FN3O3S. The Morgan fingerprint density at radius 2 is 2.03 bits per heavy atom. The van der Waals surface area contributed by atoms with E-state index >= 15 is 0 Å². The van der Waals surface area contributed by atoms with Crippen molar-refractivity contribution < 1.29 is 18.8 Å². The molecule has 3 aromatic rings. The van der Waals surface area contributed by atoms with E-state index in [0.717, 1.165) is 9.78 Å². The van der Waals surface area contributed by atoms with Gasteiger partial charge in [-0.25, -0.2) is 9.37 Å². The van der Waals surface area contributed by atoms with Crippen molar-refractivity contribution in [1.82, 2.24) is 4.98 Å². The molecule has 8 heteroatoms. The molecule has 1 saturated heterocycles. The Hall–Kier alpha value is -3.39. The smallest absolute Gasteiger partial charge is 0.257 e. The minimum absolute atomic E-state index is 0.166. The van der Waals surface area contributed by atoms with Crippen molar-refractivity contribution in [2.24, 2.45) is 5.92 Å². The van der Waals surface area contributed by atoms with Gasteiger partial charge in [0.2, 0.25) is 11.8 Å². The Kier molecular flexibility index (Phi) is 5.41. The molecule has 1 aliphatic rings. The number of halogens is 1. The third kappa shape index (κ3) is 3.99. The first-order valence-electron chi connectivity index (χ1n) is 9.38. The van der Waals surface area contributed by atoms with Crippen molar-refractivity contribution in [2.75, 3.05) is 10.2 Å². The van der Waals surface area contributed by atoms with Crippen LogP contribution in [0.5, 0.6) is 0 Å². The maximum absolute atomic E-state index is 13.8. The number of aromatic nitrogens is 1. The standard InChI is InChI=1S/C22H18FN3O3S/c1-13-9-19(27)26(21(13)29)16-7-4-6-15(10-16)20(28)25-22-24-12-17(30-22)11-14-5-2-3-8-18(14)23/h2-8,10,12-13H,9,11H2,1H3,(H,24,25,28)/t13-/m0/s1. The lowest BCUT2D eigenvalue weighted by molar-refractivity contribution is -0.122. The molecule has 1 N–H and O–H groups in total. The highest BCUT2D eigenvalue weighted by Crippen LogP contribution is 2.27. The van der Waals surface area contributed by atoms with Gasteiger partial charge < -0.3 is 0 Å². The van der Waals surface area contributed by atoms with Gasteiger partial charge >= 0.3 is 0 Å². The second-order valence-corrected chi connectivity index (χ2v) is 8.19. The van der Waals surface area contributed by atoms with Crippen LogP contribution in [-0.4, -0.2) is 22.7 Å². The van der Waals surface area contributed by atoms with Gasteiger partial charge in [-0.2, -0.15) is 0 Å². The van der Waals surface area contributed by atoms with Crippen LogP contribution >= 0.6 is 11.3 Å². The number of rotatable bonds is 5.